The van der Waals surface area contributed by atoms with Crippen LogP contribution >= 0.6 is 27.3 Å². The first-order valence-corrected chi connectivity index (χ1v) is 10.1. The van der Waals surface area contributed by atoms with E-state index in [2.05, 4.69) is 15.9 Å². The smallest absolute Gasteiger partial charge is 0.273 e. The quantitative estimate of drug-likeness (QED) is 0.630. The Morgan fingerprint density at radius 2 is 1.69 bits per heavy atom. The summed E-state index contributed by atoms with van der Waals surface area (Å²) in [5.41, 5.74) is 2.46. The molecule has 0 saturated heterocycles. The standard InChI is InChI=1S/C21H16BrNO2S/c22-15-11-9-14(10-12-15)13-19-20(25)23(16-5-2-1-3-6-16)21(26-19)17-7-4-8-18(17)24/h1-3,5-6,9-13H,4,7-8H2/b19-13-,21-17+. The maximum Gasteiger partial charge on any atom is 0.273 e. The van der Waals surface area contributed by atoms with Crippen molar-refractivity contribution in [3.8, 4) is 5.69 Å². The van der Waals surface area contributed by atoms with Crippen LogP contribution in [-0.4, -0.2) is 10.4 Å². The van der Waals surface area contributed by atoms with Crippen LogP contribution in [0.2, 0.25) is 0 Å². The van der Waals surface area contributed by atoms with Crippen molar-refractivity contribution in [1.29, 1.82) is 0 Å². The summed E-state index contributed by atoms with van der Waals surface area (Å²) in [5.74, 6) is 0.158. The number of thiazole rings is 1. The Balaban J connectivity index is 2.02. The van der Waals surface area contributed by atoms with Crippen LogP contribution in [0.25, 0.3) is 17.3 Å². The van der Waals surface area contributed by atoms with E-state index in [9.17, 15) is 9.59 Å². The molecule has 3 aromatic rings. The van der Waals surface area contributed by atoms with E-state index in [1.807, 2.05) is 60.7 Å². The molecule has 0 aliphatic heterocycles. The summed E-state index contributed by atoms with van der Waals surface area (Å²) in [6.45, 7) is 0. The number of nitrogens with zero attached hydrogens (tertiary/aromatic N) is 1. The fourth-order valence-electron chi connectivity index (χ4n) is 3.15. The second-order valence-electron chi connectivity index (χ2n) is 6.20. The van der Waals surface area contributed by atoms with Gasteiger partial charge in [0.15, 0.2) is 5.78 Å². The van der Waals surface area contributed by atoms with Crippen LogP contribution < -0.4 is 14.8 Å². The summed E-state index contributed by atoms with van der Waals surface area (Å²) >= 11 is 4.83. The number of benzene rings is 2. The van der Waals surface area contributed by atoms with E-state index in [0.29, 0.717) is 11.0 Å². The Kier molecular flexibility index (Phi) is 4.74. The minimum Gasteiger partial charge on any atom is -0.294 e. The SMILES string of the molecule is O=C1CCC/C1=c1\s/c(=C\c2ccc(Br)cc2)c(=O)n1-c1ccccc1. The van der Waals surface area contributed by atoms with Gasteiger partial charge in [0.2, 0.25) is 0 Å². The highest BCUT2D eigenvalue weighted by molar-refractivity contribution is 9.10. The molecule has 0 amide bonds. The van der Waals surface area contributed by atoms with E-state index < -0.39 is 0 Å². The number of carbonyl (C=O) groups excluding carboxylic acids is 1. The molecule has 130 valence electrons. The molecule has 0 spiro atoms. The van der Waals surface area contributed by atoms with Crippen LogP contribution in [0.4, 0.5) is 0 Å². The molecule has 1 aromatic heterocycles. The van der Waals surface area contributed by atoms with Gasteiger partial charge in [-0.25, -0.2) is 0 Å². The monoisotopic (exact) mass is 425 g/mol. The molecule has 0 N–H and O–H groups in total. The molecule has 5 heteroatoms. The highest BCUT2D eigenvalue weighted by Gasteiger charge is 2.21. The van der Waals surface area contributed by atoms with Crippen molar-refractivity contribution >= 4 is 44.7 Å². The molecule has 1 aliphatic rings. The maximum absolute atomic E-state index is 13.1. The zero-order valence-corrected chi connectivity index (χ0v) is 16.3. The number of para-hydroxylation sites is 1. The van der Waals surface area contributed by atoms with Gasteiger partial charge in [0.25, 0.3) is 5.56 Å². The Hall–Kier alpha value is -2.24. The molecule has 1 saturated carbocycles. The van der Waals surface area contributed by atoms with Crippen molar-refractivity contribution in [2.24, 2.45) is 0 Å². The van der Waals surface area contributed by atoms with E-state index in [4.69, 9.17) is 0 Å². The minimum absolute atomic E-state index is 0.0775. The second-order valence-corrected chi connectivity index (χ2v) is 8.15. The van der Waals surface area contributed by atoms with Gasteiger partial charge < -0.3 is 0 Å². The van der Waals surface area contributed by atoms with Crippen LogP contribution in [0, 0.1) is 0 Å². The molecule has 26 heavy (non-hydrogen) atoms. The summed E-state index contributed by atoms with van der Waals surface area (Å²) < 4.78 is 4.09. The van der Waals surface area contributed by atoms with E-state index in [1.165, 1.54) is 11.3 Å². The Morgan fingerprint density at radius 1 is 0.962 bits per heavy atom. The number of ketones is 1. The predicted molar refractivity (Wildman–Crippen MR) is 109 cm³/mol. The fraction of sp³-hybridized carbons (Fsp3) is 0.143. The molecular formula is C21H16BrNO2S. The lowest BCUT2D eigenvalue weighted by atomic mass is 10.2. The first-order valence-electron chi connectivity index (χ1n) is 8.44. The summed E-state index contributed by atoms with van der Waals surface area (Å²) in [5, 5.41) is 0. The van der Waals surface area contributed by atoms with Crippen LogP contribution in [0.3, 0.4) is 0 Å². The third-order valence-electron chi connectivity index (χ3n) is 4.43. The normalized spacial score (nSPS) is 17.1. The Morgan fingerprint density at radius 3 is 2.35 bits per heavy atom. The predicted octanol–water partition coefficient (Wildman–Crippen LogP) is 3.39. The number of aromatic nitrogens is 1. The van der Waals surface area contributed by atoms with Crippen molar-refractivity contribution in [2.75, 3.05) is 0 Å². The average Bonchev–Trinajstić information content (AvgIpc) is 3.21. The lowest BCUT2D eigenvalue weighted by Crippen LogP contribution is -2.31. The molecule has 0 radical (unpaired) electrons. The van der Waals surface area contributed by atoms with Crippen molar-refractivity contribution in [3.05, 3.63) is 84.2 Å². The molecule has 0 bridgehead atoms. The van der Waals surface area contributed by atoms with E-state index in [1.54, 1.807) is 4.57 Å². The third kappa shape index (κ3) is 3.24. The number of rotatable bonds is 2. The van der Waals surface area contributed by atoms with Crippen LogP contribution in [0.5, 0.6) is 0 Å². The molecular weight excluding hydrogens is 410 g/mol. The van der Waals surface area contributed by atoms with Gasteiger partial charge in [0.05, 0.1) is 10.2 Å². The summed E-state index contributed by atoms with van der Waals surface area (Å²) in [7, 11) is 0. The Labute approximate surface area is 163 Å². The van der Waals surface area contributed by atoms with Gasteiger partial charge in [-0.2, -0.15) is 0 Å². The number of hydrogen-bond donors (Lipinski definition) is 0. The first kappa shape index (κ1) is 17.2. The molecule has 0 unspecified atom stereocenters. The summed E-state index contributed by atoms with van der Waals surface area (Å²) in [6, 6.07) is 17.4. The molecule has 2 aromatic carbocycles. The third-order valence-corrected chi connectivity index (χ3v) is 6.09. The first-order chi connectivity index (χ1) is 12.6. The van der Waals surface area contributed by atoms with Gasteiger partial charge in [0.1, 0.15) is 4.66 Å². The topological polar surface area (TPSA) is 39.1 Å². The van der Waals surface area contributed by atoms with Gasteiger partial charge in [0, 0.05) is 16.5 Å². The second kappa shape index (κ2) is 7.17. The van der Waals surface area contributed by atoms with Gasteiger partial charge in [-0.1, -0.05) is 46.3 Å². The maximum atomic E-state index is 13.1. The highest BCUT2D eigenvalue weighted by Crippen LogP contribution is 2.20. The van der Waals surface area contributed by atoms with Crippen molar-refractivity contribution < 1.29 is 4.79 Å². The van der Waals surface area contributed by atoms with Crippen molar-refractivity contribution in [3.63, 3.8) is 0 Å². The van der Waals surface area contributed by atoms with Crippen molar-refractivity contribution in [1.82, 2.24) is 4.57 Å². The Bertz CT molecular complexity index is 1140. The average molecular weight is 426 g/mol. The zero-order chi connectivity index (χ0) is 18.1. The summed E-state index contributed by atoms with van der Waals surface area (Å²) in [6.07, 6.45) is 4.06. The van der Waals surface area contributed by atoms with E-state index >= 15 is 0 Å². The van der Waals surface area contributed by atoms with Gasteiger partial charge in [-0.15, -0.1) is 11.3 Å². The van der Waals surface area contributed by atoms with E-state index in [-0.39, 0.29) is 11.3 Å². The number of carbonyl (C=O) groups is 1. The van der Waals surface area contributed by atoms with Crippen molar-refractivity contribution in [2.45, 2.75) is 19.3 Å². The lowest BCUT2D eigenvalue weighted by molar-refractivity contribution is -0.113. The van der Waals surface area contributed by atoms with E-state index in [0.717, 1.165) is 38.8 Å². The number of halogens is 1. The zero-order valence-electron chi connectivity index (χ0n) is 13.9. The largest absolute Gasteiger partial charge is 0.294 e. The van der Waals surface area contributed by atoms with Gasteiger partial charge in [-0.05, 0) is 48.7 Å². The molecule has 1 aliphatic carbocycles. The molecule has 4 rings (SSSR count). The molecule has 3 nitrogen and oxygen atoms in total. The summed E-state index contributed by atoms with van der Waals surface area (Å²) in [4.78, 5) is 25.4. The minimum atomic E-state index is -0.0775. The molecule has 0 atom stereocenters. The highest BCUT2D eigenvalue weighted by atomic mass is 79.9. The number of Topliss-reactive ketones (excluding diaryl/α,β-unsaturated/α-hetero) is 1. The number of hydrogen-bond acceptors (Lipinski definition) is 3. The van der Waals surface area contributed by atoms with Crippen LogP contribution in [0.1, 0.15) is 24.8 Å². The van der Waals surface area contributed by atoms with Gasteiger partial charge in [-0.3, -0.25) is 14.2 Å². The lowest BCUT2D eigenvalue weighted by Gasteiger charge is -2.03. The fourth-order valence-corrected chi connectivity index (χ4v) is 4.61. The van der Waals surface area contributed by atoms with Crippen LogP contribution in [0.15, 0.2) is 63.9 Å². The molecule has 1 heterocycles. The van der Waals surface area contributed by atoms with Gasteiger partial charge >= 0.3 is 0 Å². The van der Waals surface area contributed by atoms with Crippen LogP contribution in [-0.2, 0) is 4.79 Å². The molecule has 1 fully saturated rings.